The molecule has 0 unspecified atom stereocenters. The summed E-state index contributed by atoms with van der Waals surface area (Å²) in [6.45, 7) is 7.43. The van der Waals surface area contributed by atoms with Gasteiger partial charge in [-0.3, -0.25) is 5.10 Å². The smallest absolute Gasteiger partial charge is 0.410 e. The molecule has 1 amide bonds. The Balaban J connectivity index is 1.84. The summed E-state index contributed by atoms with van der Waals surface area (Å²) in [7, 11) is 1.64. The number of aromatic amines is 1. The van der Waals surface area contributed by atoms with Gasteiger partial charge in [-0.25, -0.2) is 4.79 Å². The molecule has 152 valence electrons. The first kappa shape index (κ1) is 20.2. The van der Waals surface area contributed by atoms with Crippen molar-refractivity contribution in [2.45, 2.75) is 51.8 Å². The Morgan fingerprint density at radius 1 is 1.29 bits per heavy atom. The van der Waals surface area contributed by atoms with Crippen molar-refractivity contribution >= 4 is 6.09 Å². The Morgan fingerprint density at radius 2 is 2.04 bits per heavy atom. The van der Waals surface area contributed by atoms with E-state index < -0.39 is 5.60 Å². The van der Waals surface area contributed by atoms with Crippen molar-refractivity contribution in [2.75, 3.05) is 20.3 Å². The lowest BCUT2D eigenvalue weighted by molar-refractivity contribution is -0.00809. The fourth-order valence-electron chi connectivity index (χ4n) is 3.32. The third-order valence-electron chi connectivity index (χ3n) is 4.67. The number of carbonyl (C=O) groups excluding carboxylic acids is 1. The summed E-state index contributed by atoms with van der Waals surface area (Å²) in [5.74, 6) is 0.734. The molecule has 3 rings (SSSR count). The second kappa shape index (κ2) is 8.65. The lowest BCUT2D eigenvalue weighted by atomic mass is 10.0. The first-order valence-corrected chi connectivity index (χ1v) is 9.61. The molecule has 0 bridgehead atoms. The molecule has 0 aliphatic carbocycles. The Hall–Kier alpha value is -2.54. The van der Waals surface area contributed by atoms with Gasteiger partial charge in [0.1, 0.15) is 11.4 Å². The van der Waals surface area contributed by atoms with E-state index in [1.807, 2.05) is 49.9 Å². The van der Waals surface area contributed by atoms with Gasteiger partial charge in [0.05, 0.1) is 12.8 Å². The third-order valence-corrected chi connectivity index (χ3v) is 4.67. The molecule has 28 heavy (non-hydrogen) atoms. The maximum Gasteiger partial charge on any atom is 0.410 e. The van der Waals surface area contributed by atoms with Gasteiger partial charge in [0, 0.05) is 37.6 Å². The minimum atomic E-state index is -0.539. The highest BCUT2D eigenvalue weighted by molar-refractivity contribution is 5.70. The number of amides is 1. The highest BCUT2D eigenvalue weighted by Gasteiger charge is 2.30. The molecule has 0 atom stereocenters. The average molecular weight is 387 g/mol. The van der Waals surface area contributed by atoms with Gasteiger partial charge in [-0.15, -0.1) is 0 Å². The number of aromatic nitrogens is 2. The number of nitrogens with zero attached hydrogens (tertiary/aromatic N) is 2. The molecule has 1 aromatic carbocycles. The second-order valence-corrected chi connectivity index (χ2v) is 7.96. The number of benzene rings is 1. The summed E-state index contributed by atoms with van der Waals surface area (Å²) in [5, 5.41) is 6.96. The molecule has 2 aromatic rings. The van der Waals surface area contributed by atoms with Crippen LogP contribution in [0.25, 0.3) is 11.3 Å². The molecule has 0 spiro atoms. The molecular weight excluding hydrogens is 358 g/mol. The van der Waals surface area contributed by atoms with Crippen LogP contribution in [-0.2, 0) is 16.0 Å². The largest absolute Gasteiger partial charge is 0.496 e. The SMILES string of the molecule is COc1cc(CN(C(=O)OC(C)(C)C)C2CCOCC2)ccc1-c1ccn[nH]1. The van der Waals surface area contributed by atoms with Crippen molar-refractivity contribution in [3.8, 4) is 17.0 Å². The highest BCUT2D eigenvalue weighted by Crippen LogP contribution is 2.30. The van der Waals surface area contributed by atoms with E-state index in [1.165, 1.54) is 0 Å². The predicted octanol–water partition coefficient (Wildman–Crippen LogP) is 4.00. The molecule has 0 saturated carbocycles. The normalized spacial score (nSPS) is 15.3. The number of hydrogen-bond acceptors (Lipinski definition) is 5. The maximum atomic E-state index is 12.9. The molecule has 1 saturated heterocycles. The van der Waals surface area contributed by atoms with Crippen LogP contribution in [-0.4, -0.2) is 53.2 Å². The monoisotopic (exact) mass is 387 g/mol. The summed E-state index contributed by atoms with van der Waals surface area (Å²) in [6.07, 6.45) is 3.03. The second-order valence-electron chi connectivity index (χ2n) is 7.96. The van der Waals surface area contributed by atoms with E-state index in [1.54, 1.807) is 13.3 Å². The highest BCUT2D eigenvalue weighted by atomic mass is 16.6. The lowest BCUT2D eigenvalue weighted by Crippen LogP contribution is -2.45. The van der Waals surface area contributed by atoms with Crippen LogP contribution in [0.1, 0.15) is 39.2 Å². The number of methoxy groups -OCH3 is 1. The molecule has 1 N–H and O–H groups in total. The summed E-state index contributed by atoms with van der Waals surface area (Å²) in [6, 6.07) is 7.95. The van der Waals surface area contributed by atoms with Crippen molar-refractivity contribution in [1.82, 2.24) is 15.1 Å². The minimum Gasteiger partial charge on any atom is -0.496 e. The Bertz CT molecular complexity index is 777. The van der Waals surface area contributed by atoms with Gasteiger partial charge < -0.3 is 19.1 Å². The first-order valence-electron chi connectivity index (χ1n) is 9.61. The minimum absolute atomic E-state index is 0.0990. The van der Waals surface area contributed by atoms with Crippen LogP contribution in [0.4, 0.5) is 4.79 Å². The van der Waals surface area contributed by atoms with E-state index in [9.17, 15) is 4.79 Å². The van der Waals surface area contributed by atoms with Gasteiger partial charge in [0.2, 0.25) is 0 Å². The van der Waals surface area contributed by atoms with Crippen molar-refractivity contribution in [3.05, 3.63) is 36.0 Å². The number of nitrogens with one attached hydrogen (secondary N) is 1. The van der Waals surface area contributed by atoms with Crippen LogP contribution >= 0.6 is 0 Å². The van der Waals surface area contributed by atoms with Gasteiger partial charge in [0.25, 0.3) is 0 Å². The summed E-state index contributed by atoms with van der Waals surface area (Å²) >= 11 is 0. The summed E-state index contributed by atoms with van der Waals surface area (Å²) < 4.78 is 16.7. The van der Waals surface area contributed by atoms with Crippen molar-refractivity contribution in [1.29, 1.82) is 0 Å². The Kier molecular flexibility index (Phi) is 6.24. The van der Waals surface area contributed by atoms with Crippen LogP contribution in [0.3, 0.4) is 0 Å². The maximum absolute atomic E-state index is 12.9. The zero-order valence-electron chi connectivity index (χ0n) is 17.0. The summed E-state index contributed by atoms with van der Waals surface area (Å²) in [5.41, 5.74) is 2.26. The number of carbonyl (C=O) groups is 1. The van der Waals surface area contributed by atoms with E-state index in [4.69, 9.17) is 14.2 Å². The van der Waals surface area contributed by atoms with E-state index in [-0.39, 0.29) is 12.1 Å². The molecule has 0 radical (unpaired) electrons. The molecule has 1 fully saturated rings. The number of hydrogen-bond donors (Lipinski definition) is 1. The third kappa shape index (κ3) is 5.04. The zero-order valence-corrected chi connectivity index (χ0v) is 17.0. The summed E-state index contributed by atoms with van der Waals surface area (Å²) in [4.78, 5) is 14.7. The van der Waals surface area contributed by atoms with Crippen molar-refractivity contribution < 1.29 is 19.0 Å². The lowest BCUT2D eigenvalue weighted by Gasteiger charge is -2.35. The van der Waals surface area contributed by atoms with Crippen LogP contribution in [0.2, 0.25) is 0 Å². The fraction of sp³-hybridized carbons (Fsp3) is 0.524. The molecule has 1 aliphatic rings. The number of H-pyrrole nitrogens is 1. The average Bonchev–Trinajstić information content (AvgIpc) is 3.19. The topological polar surface area (TPSA) is 76.7 Å². The molecule has 1 aliphatic heterocycles. The number of ether oxygens (including phenoxy) is 3. The molecule has 7 nitrogen and oxygen atoms in total. The standard InChI is InChI=1S/C21H29N3O4/c1-21(2,3)28-20(25)24(16-8-11-27-12-9-16)14-15-5-6-17(19(13-15)26-4)18-7-10-22-23-18/h5-7,10,13,16H,8-9,11-12,14H2,1-4H3,(H,22,23). The van der Waals surface area contributed by atoms with Gasteiger partial charge in [0.15, 0.2) is 0 Å². The molecule has 7 heteroatoms. The molecule has 1 aromatic heterocycles. The van der Waals surface area contributed by atoms with E-state index in [0.29, 0.717) is 19.8 Å². The van der Waals surface area contributed by atoms with Gasteiger partial charge >= 0.3 is 6.09 Å². The number of rotatable bonds is 5. The molecule has 2 heterocycles. The Labute approximate surface area is 166 Å². The van der Waals surface area contributed by atoms with Gasteiger partial charge in [-0.1, -0.05) is 6.07 Å². The van der Waals surface area contributed by atoms with Crippen LogP contribution in [0.15, 0.2) is 30.5 Å². The van der Waals surface area contributed by atoms with E-state index in [2.05, 4.69) is 10.2 Å². The Morgan fingerprint density at radius 3 is 2.64 bits per heavy atom. The first-order chi connectivity index (χ1) is 13.4. The zero-order chi connectivity index (χ0) is 20.1. The van der Waals surface area contributed by atoms with Gasteiger partial charge in [-0.05, 0) is 57.4 Å². The van der Waals surface area contributed by atoms with Crippen LogP contribution in [0.5, 0.6) is 5.75 Å². The van der Waals surface area contributed by atoms with Crippen molar-refractivity contribution in [3.63, 3.8) is 0 Å². The van der Waals surface area contributed by atoms with E-state index in [0.717, 1.165) is 35.4 Å². The predicted molar refractivity (Wildman–Crippen MR) is 106 cm³/mol. The quantitative estimate of drug-likeness (QED) is 0.839. The fourth-order valence-corrected chi connectivity index (χ4v) is 3.32. The van der Waals surface area contributed by atoms with Crippen LogP contribution in [0, 0.1) is 0 Å². The van der Waals surface area contributed by atoms with Gasteiger partial charge in [-0.2, -0.15) is 5.10 Å². The molecular formula is C21H29N3O4. The van der Waals surface area contributed by atoms with E-state index >= 15 is 0 Å². The van der Waals surface area contributed by atoms with Crippen LogP contribution < -0.4 is 4.74 Å². The van der Waals surface area contributed by atoms with Crippen molar-refractivity contribution in [2.24, 2.45) is 0 Å².